The van der Waals surface area contributed by atoms with Crippen LogP contribution < -0.4 is 9.47 Å². The summed E-state index contributed by atoms with van der Waals surface area (Å²) in [5.74, 6) is 2.62. The molecule has 0 amide bonds. The molecule has 31 heavy (non-hydrogen) atoms. The molecule has 0 fully saturated rings. The molecule has 5 heteroatoms. The largest absolute Gasteiger partial charge is 0.490 e. The Kier molecular flexibility index (Phi) is 8.88. The normalized spacial score (nSPS) is 13.5. The SMILES string of the molecule is CCCCSc1ccc2c(OCC(O)CC)c3ccccc3c(OCC(O)CC)c2c1. The van der Waals surface area contributed by atoms with Gasteiger partial charge < -0.3 is 19.7 Å². The van der Waals surface area contributed by atoms with Gasteiger partial charge in [0, 0.05) is 26.4 Å². The van der Waals surface area contributed by atoms with Crippen LogP contribution in [0, 0.1) is 0 Å². The van der Waals surface area contributed by atoms with Crippen molar-refractivity contribution in [2.45, 2.75) is 63.6 Å². The zero-order valence-electron chi connectivity index (χ0n) is 18.8. The average molecular weight is 443 g/mol. The molecule has 0 aliphatic rings. The van der Waals surface area contributed by atoms with Gasteiger partial charge in [0.15, 0.2) is 0 Å². The minimum Gasteiger partial charge on any atom is -0.490 e. The molecule has 0 radical (unpaired) electrons. The predicted molar refractivity (Wildman–Crippen MR) is 131 cm³/mol. The fourth-order valence-electron chi connectivity index (χ4n) is 3.41. The van der Waals surface area contributed by atoms with E-state index in [-0.39, 0.29) is 13.2 Å². The van der Waals surface area contributed by atoms with Crippen LogP contribution >= 0.6 is 11.8 Å². The molecule has 0 saturated carbocycles. The minimum absolute atomic E-state index is 0.247. The summed E-state index contributed by atoms with van der Waals surface area (Å²) in [5.41, 5.74) is 0. The van der Waals surface area contributed by atoms with E-state index in [9.17, 15) is 10.2 Å². The Hall–Kier alpha value is -1.95. The van der Waals surface area contributed by atoms with Crippen molar-refractivity contribution in [2.75, 3.05) is 19.0 Å². The molecule has 0 aliphatic heterocycles. The zero-order valence-corrected chi connectivity index (χ0v) is 19.6. The summed E-state index contributed by atoms with van der Waals surface area (Å²) in [6.07, 6.45) is 2.62. The van der Waals surface area contributed by atoms with Crippen LogP contribution in [0.4, 0.5) is 0 Å². The Balaban J connectivity index is 2.14. The third kappa shape index (κ3) is 5.85. The van der Waals surface area contributed by atoms with Crippen LogP contribution in [0.15, 0.2) is 47.4 Å². The molecule has 3 aromatic carbocycles. The van der Waals surface area contributed by atoms with Gasteiger partial charge in [0.2, 0.25) is 0 Å². The maximum Gasteiger partial charge on any atom is 0.135 e. The summed E-state index contributed by atoms with van der Waals surface area (Å²) in [6.45, 7) is 6.59. The van der Waals surface area contributed by atoms with Crippen LogP contribution in [0.2, 0.25) is 0 Å². The number of ether oxygens (including phenoxy) is 2. The minimum atomic E-state index is -0.508. The molecule has 2 N–H and O–H groups in total. The van der Waals surface area contributed by atoms with Gasteiger partial charge in [0.25, 0.3) is 0 Å². The van der Waals surface area contributed by atoms with Crippen molar-refractivity contribution >= 4 is 33.3 Å². The number of rotatable bonds is 12. The molecule has 0 spiro atoms. The third-order valence-corrected chi connectivity index (χ3v) is 6.53. The fourth-order valence-corrected chi connectivity index (χ4v) is 4.44. The molecule has 0 saturated heterocycles. The van der Waals surface area contributed by atoms with E-state index < -0.39 is 12.2 Å². The van der Waals surface area contributed by atoms with Crippen molar-refractivity contribution in [3.05, 3.63) is 42.5 Å². The van der Waals surface area contributed by atoms with Crippen molar-refractivity contribution in [1.29, 1.82) is 0 Å². The van der Waals surface area contributed by atoms with Gasteiger partial charge >= 0.3 is 0 Å². The van der Waals surface area contributed by atoms with Crippen LogP contribution in [0.1, 0.15) is 46.5 Å². The number of hydrogen-bond acceptors (Lipinski definition) is 5. The van der Waals surface area contributed by atoms with Gasteiger partial charge in [-0.3, -0.25) is 0 Å². The topological polar surface area (TPSA) is 58.9 Å². The molecule has 2 atom stereocenters. The molecule has 3 rings (SSSR count). The summed E-state index contributed by atoms with van der Waals surface area (Å²) in [5, 5.41) is 24.0. The highest BCUT2D eigenvalue weighted by Crippen LogP contribution is 2.44. The molecule has 0 aliphatic carbocycles. The van der Waals surface area contributed by atoms with Crippen molar-refractivity contribution in [1.82, 2.24) is 0 Å². The van der Waals surface area contributed by atoms with E-state index in [0.717, 1.165) is 38.8 Å². The van der Waals surface area contributed by atoms with Gasteiger partial charge in [0.1, 0.15) is 24.7 Å². The summed E-state index contributed by atoms with van der Waals surface area (Å²) >= 11 is 1.84. The molecule has 0 bridgehead atoms. The van der Waals surface area contributed by atoms with E-state index in [0.29, 0.717) is 12.8 Å². The highest BCUT2D eigenvalue weighted by atomic mass is 32.2. The second-order valence-corrected chi connectivity index (χ2v) is 9.03. The third-order valence-electron chi connectivity index (χ3n) is 5.45. The first kappa shape index (κ1) is 23.7. The smallest absolute Gasteiger partial charge is 0.135 e. The van der Waals surface area contributed by atoms with Gasteiger partial charge in [-0.2, -0.15) is 0 Å². The van der Waals surface area contributed by atoms with Gasteiger partial charge in [-0.15, -0.1) is 11.8 Å². The van der Waals surface area contributed by atoms with Crippen LogP contribution in [-0.2, 0) is 0 Å². The number of aliphatic hydroxyl groups is 2. The van der Waals surface area contributed by atoms with Gasteiger partial charge in [0.05, 0.1) is 12.2 Å². The molecule has 0 aromatic heterocycles. The lowest BCUT2D eigenvalue weighted by Crippen LogP contribution is -2.17. The van der Waals surface area contributed by atoms with Crippen molar-refractivity contribution in [3.63, 3.8) is 0 Å². The molecule has 4 nitrogen and oxygen atoms in total. The number of benzene rings is 3. The number of thioether (sulfide) groups is 1. The lowest BCUT2D eigenvalue weighted by molar-refractivity contribution is 0.105. The predicted octanol–water partition coefficient (Wildman–Crippen LogP) is 6.18. The van der Waals surface area contributed by atoms with E-state index in [1.807, 2.05) is 49.9 Å². The summed E-state index contributed by atoms with van der Waals surface area (Å²) in [4.78, 5) is 1.19. The van der Waals surface area contributed by atoms with Crippen molar-refractivity contribution < 1.29 is 19.7 Å². The van der Waals surface area contributed by atoms with Gasteiger partial charge in [-0.1, -0.05) is 51.5 Å². The Morgan fingerprint density at radius 2 is 1.32 bits per heavy atom. The molecular weight excluding hydrogens is 408 g/mol. The average Bonchev–Trinajstić information content (AvgIpc) is 2.80. The van der Waals surface area contributed by atoms with Gasteiger partial charge in [-0.05, 0) is 43.2 Å². The van der Waals surface area contributed by atoms with Crippen LogP contribution in [-0.4, -0.2) is 41.4 Å². The molecule has 2 unspecified atom stereocenters. The quantitative estimate of drug-likeness (QED) is 0.199. The zero-order chi connectivity index (χ0) is 22.2. The molecule has 3 aromatic rings. The van der Waals surface area contributed by atoms with Crippen LogP contribution in [0.25, 0.3) is 21.5 Å². The molecular formula is C26H34O4S. The van der Waals surface area contributed by atoms with Crippen LogP contribution in [0.5, 0.6) is 11.5 Å². The van der Waals surface area contributed by atoms with Crippen LogP contribution in [0.3, 0.4) is 0 Å². The van der Waals surface area contributed by atoms with E-state index in [1.165, 1.54) is 17.7 Å². The van der Waals surface area contributed by atoms with Crippen molar-refractivity contribution in [3.8, 4) is 11.5 Å². The lowest BCUT2D eigenvalue weighted by atomic mass is 10.0. The first-order valence-electron chi connectivity index (χ1n) is 11.3. The Labute approximate surface area is 189 Å². The Morgan fingerprint density at radius 1 is 0.774 bits per heavy atom. The Bertz CT molecular complexity index is 988. The van der Waals surface area contributed by atoms with E-state index >= 15 is 0 Å². The summed E-state index contributed by atoms with van der Waals surface area (Å²) in [7, 11) is 0. The summed E-state index contributed by atoms with van der Waals surface area (Å²) in [6, 6.07) is 14.4. The standard InChI is InChI=1S/C26H34O4S/c1-4-7-14-31-20-12-13-23-24(15-20)26(30-17-19(28)6-3)22-11-9-8-10-21(22)25(23)29-16-18(27)5-2/h8-13,15,18-19,27-28H,4-7,14,16-17H2,1-3H3. The number of hydrogen-bond donors (Lipinski definition) is 2. The Morgan fingerprint density at radius 3 is 1.87 bits per heavy atom. The maximum absolute atomic E-state index is 10.1. The van der Waals surface area contributed by atoms with E-state index in [2.05, 4.69) is 25.1 Å². The summed E-state index contributed by atoms with van der Waals surface area (Å²) < 4.78 is 12.4. The number of unbranched alkanes of at least 4 members (excludes halogenated alkanes) is 1. The molecule has 168 valence electrons. The fraction of sp³-hybridized carbons (Fsp3) is 0.462. The second-order valence-electron chi connectivity index (χ2n) is 7.86. The highest BCUT2D eigenvalue weighted by molar-refractivity contribution is 7.99. The van der Waals surface area contributed by atoms with E-state index in [4.69, 9.17) is 9.47 Å². The number of aliphatic hydroxyl groups excluding tert-OH is 2. The molecule has 0 heterocycles. The number of fused-ring (bicyclic) bond motifs is 2. The van der Waals surface area contributed by atoms with Crippen molar-refractivity contribution in [2.24, 2.45) is 0 Å². The van der Waals surface area contributed by atoms with Gasteiger partial charge in [-0.25, -0.2) is 0 Å². The maximum atomic E-state index is 10.1. The second kappa shape index (κ2) is 11.6. The first-order valence-corrected chi connectivity index (χ1v) is 12.3. The monoisotopic (exact) mass is 442 g/mol. The highest BCUT2D eigenvalue weighted by Gasteiger charge is 2.18. The first-order chi connectivity index (χ1) is 15.1. The van der Waals surface area contributed by atoms with E-state index in [1.54, 1.807) is 0 Å². The lowest BCUT2D eigenvalue weighted by Gasteiger charge is -2.20.